The summed E-state index contributed by atoms with van der Waals surface area (Å²) < 4.78 is 5.09. The van der Waals surface area contributed by atoms with Crippen LogP contribution in [0.25, 0.3) is 11.0 Å². The number of para-hydroxylation sites is 1. The lowest BCUT2D eigenvalue weighted by Crippen LogP contribution is -2.23. The number of anilines is 1. The van der Waals surface area contributed by atoms with E-state index in [0.29, 0.717) is 11.0 Å². The molecule has 0 radical (unpaired) electrons. The van der Waals surface area contributed by atoms with Gasteiger partial charge in [0.25, 0.3) is 5.91 Å². The Morgan fingerprint density at radius 1 is 1.00 bits per heavy atom. The lowest BCUT2D eigenvalue weighted by atomic mass is 10.1. The van der Waals surface area contributed by atoms with Crippen LogP contribution in [0.15, 0.2) is 63.8 Å². The molecule has 2 aromatic carbocycles. The van der Waals surface area contributed by atoms with Gasteiger partial charge in [-0.05, 0) is 29.8 Å². The summed E-state index contributed by atoms with van der Waals surface area (Å²) in [6.45, 7) is 0. The zero-order chi connectivity index (χ0) is 16.4. The van der Waals surface area contributed by atoms with Crippen LogP contribution in [0, 0.1) is 0 Å². The van der Waals surface area contributed by atoms with Crippen molar-refractivity contribution in [3.8, 4) is 0 Å². The summed E-state index contributed by atoms with van der Waals surface area (Å²) in [6, 6.07) is 13.8. The van der Waals surface area contributed by atoms with E-state index in [1.165, 1.54) is 30.3 Å². The Morgan fingerprint density at radius 2 is 1.78 bits per heavy atom. The Morgan fingerprint density at radius 3 is 2.57 bits per heavy atom. The predicted octanol–water partition coefficient (Wildman–Crippen LogP) is 1.41. The van der Waals surface area contributed by atoms with Crippen molar-refractivity contribution in [2.45, 2.75) is 0 Å². The van der Waals surface area contributed by atoms with Gasteiger partial charge in [0.05, 0.1) is 5.97 Å². The highest BCUT2D eigenvalue weighted by Crippen LogP contribution is 2.15. The van der Waals surface area contributed by atoms with Crippen LogP contribution in [-0.4, -0.2) is 11.9 Å². The lowest BCUT2D eigenvalue weighted by molar-refractivity contribution is -0.255. The molecular formula is C17H10NO5-. The van der Waals surface area contributed by atoms with E-state index in [1.54, 1.807) is 24.3 Å². The fourth-order valence-corrected chi connectivity index (χ4v) is 2.14. The van der Waals surface area contributed by atoms with Crippen molar-refractivity contribution in [3.05, 3.63) is 76.1 Å². The Hall–Kier alpha value is -3.41. The van der Waals surface area contributed by atoms with Crippen LogP contribution in [0.1, 0.15) is 20.7 Å². The number of carboxylic acids is 1. The van der Waals surface area contributed by atoms with Crippen molar-refractivity contribution in [1.29, 1.82) is 0 Å². The molecule has 0 bridgehead atoms. The zero-order valence-electron chi connectivity index (χ0n) is 11.7. The van der Waals surface area contributed by atoms with Crippen LogP contribution in [0.5, 0.6) is 0 Å². The van der Waals surface area contributed by atoms with Gasteiger partial charge in [-0.25, -0.2) is 4.79 Å². The van der Waals surface area contributed by atoms with Crippen LogP contribution in [-0.2, 0) is 0 Å². The zero-order valence-corrected chi connectivity index (χ0v) is 11.7. The number of aromatic carboxylic acids is 1. The monoisotopic (exact) mass is 308 g/mol. The van der Waals surface area contributed by atoms with Crippen molar-refractivity contribution in [1.82, 2.24) is 0 Å². The van der Waals surface area contributed by atoms with Gasteiger partial charge in [0.15, 0.2) is 0 Å². The topological polar surface area (TPSA) is 99.4 Å². The van der Waals surface area contributed by atoms with E-state index >= 15 is 0 Å². The molecule has 0 aliphatic heterocycles. The Labute approximate surface area is 130 Å². The predicted molar refractivity (Wildman–Crippen MR) is 81.2 cm³/mol. The molecule has 6 nitrogen and oxygen atoms in total. The van der Waals surface area contributed by atoms with Gasteiger partial charge in [0, 0.05) is 11.1 Å². The van der Waals surface area contributed by atoms with E-state index in [-0.39, 0.29) is 16.8 Å². The number of hydrogen-bond acceptors (Lipinski definition) is 5. The molecule has 114 valence electrons. The standard InChI is InChI=1S/C17H11NO5/c19-15(18-12-6-3-5-11(8-12)16(20)21)13-9-10-4-1-2-7-14(10)23-17(13)22/h1-9H,(H,18,19)(H,20,21)/p-1. The summed E-state index contributed by atoms with van der Waals surface area (Å²) in [5, 5.41) is 13.9. The first-order valence-electron chi connectivity index (χ1n) is 6.70. The van der Waals surface area contributed by atoms with E-state index < -0.39 is 17.5 Å². The summed E-state index contributed by atoms with van der Waals surface area (Å²) in [6.07, 6.45) is 0. The largest absolute Gasteiger partial charge is 0.545 e. The molecule has 6 heteroatoms. The van der Waals surface area contributed by atoms with Crippen molar-refractivity contribution in [3.63, 3.8) is 0 Å². The molecule has 1 N–H and O–H groups in total. The van der Waals surface area contributed by atoms with Crippen molar-refractivity contribution < 1.29 is 19.1 Å². The summed E-state index contributed by atoms with van der Waals surface area (Å²) in [7, 11) is 0. The van der Waals surface area contributed by atoms with Gasteiger partial charge in [0.1, 0.15) is 11.1 Å². The highest BCUT2D eigenvalue weighted by atomic mass is 16.4. The molecule has 0 aliphatic rings. The second-order valence-electron chi connectivity index (χ2n) is 4.81. The highest BCUT2D eigenvalue weighted by Gasteiger charge is 2.14. The number of hydrogen-bond donors (Lipinski definition) is 1. The van der Waals surface area contributed by atoms with Crippen LogP contribution in [0.3, 0.4) is 0 Å². The average molecular weight is 308 g/mol. The molecule has 0 unspecified atom stereocenters. The molecule has 0 fully saturated rings. The number of carbonyl (C=O) groups is 2. The molecule has 1 amide bonds. The summed E-state index contributed by atoms with van der Waals surface area (Å²) in [5.41, 5.74) is -0.384. The minimum absolute atomic E-state index is 0.0756. The molecule has 1 heterocycles. The smallest absolute Gasteiger partial charge is 0.349 e. The quantitative estimate of drug-likeness (QED) is 0.737. The number of benzene rings is 2. The average Bonchev–Trinajstić information content (AvgIpc) is 2.54. The van der Waals surface area contributed by atoms with E-state index in [0.717, 1.165) is 0 Å². The van der Waals surface area contributed by atoms with E-state index in [2.05, 4.69) is 5.32 Å². The second-order valence-corrected chi connectivity index (χ2v) is 4.81. The summed E-state index contributed by atoms with van der Waals surface area (Å²) in [4.78, 5) is 35.0. The van der Waals surface area contributed by atoms with Crippen molar-refractivity contribution in [2.75, 3.05) is 5.32 Å². The molecule has 0 atom stereocenters. The maximum absolute atomic E-state index is 12.2. The summed E-state index contributed by atoms with van der Waals surface area (Å²) >= 11 is 0. The molecule has 3 aromatic rings. The van der Waals surface area contributed by atoms with Crippen LogP contribution >= 0.6 is 0 Å². The fraction of sp³-hybridized carbons (Fsp3) is 0. The third-order valence-electron chi connectivity index (χ3n) is 3.24. The Kier molecular flexibility index (Phi) is 3.64. The van der Waals surface area contributed by atoms with E-state index in [4.69, 9.17) is 4.42 Å². The van der Waals surface area contributed by atoms with Gasteiger partial charge in [-0.2, -0.15) is 0 Å². The number of carbonyl (C=O) groups excluding carboxylic acids is 2. The maximum Gasteiger partial charge on any atom is 0.349 e. The van der Waals surface area contributed by atoms with Crippen molar-refractivity contribution >= 4 is 28.5 Å². The SMILES string of the molecule is O=C([O-])c1cccc(NC(=O)c2cc3ccccc3oc2=O)c1. The minimum atomic E-state index is -1.36. The lowest BCUT2D eigenvalue weighted by Gasteiger charge is -2.08. The van der Waals surface area contributed by atoms with Crippen molar-refractivity contribution in [2.24, 2.45) is 0 Å². The minimum Gasteiger partial charge on any atom is -0.545 e. The normalized spacial score (nSPS) is 10.4. The number of fused-ring (bicyclic) bond motifs is 1. The molecule has 3 rings (SSSR count). The van der Waals surface area contributed by atoms with Crippen LogP contribution < -0.4 is 16.0 Å². The van der Waals surface area contributed by atoms with Gasteiger partial charge in [-0.3, -0.25) is 4.79 Å². The number of nitrogens with one attached hydrogen (secondary N) is 1. The fourth-order valence-electron chi connectivity index (χ4n) is 2.14. The van der Waals surface area contributed by atoms with Gasteiger partial charge < -0.3 is 19.6 Å². The van der Waals surface area contributed by atoms with Gasteiger partial charge >= 0.3 is 5.63 Å². The number of carboxylic acid groups (broad SMARTS) is 1. The first-order valence-corrected chi connectivity index (χ1v) is 6.70. The van der Waals surface area contributed by atoms with Crippen LogP contribution in [0.2, 0.25) is 0 Å². The molecule has 0 saturated carbocycles. The Balaban J connectivity index is 1.94. The molecule has 23 heavy (non-hydrogen) atoms. The van der Waals surface area contributed by atoms with Gasteiger partial charge in [0.2, 0.25) is 0 Å². The molecule has 0 saturated heterocycles. The van der Waals surface area contributed by atoms with Gasteiger partial charge in [-0.15, -0.1) is 0 Å². The second kappa shape index (κ2) is 5.76. The first-order chi connectivity index (χ1) is 11.0. The third-order valence-corrected chi connectivity index (χ3v) is 3.24. The van der Waals surface area contributed by atoms with Crippen LogP contribution in [0.4, 0.5) is 5.69 Å². The molecular weight excluding hydrogens is 298 g/mol. The van der Waals surface area contributed by atoms with E-state index in [9.17, 15) is 19.5 Å². The molecule has 1 aromatic heterocycles. The summed E-state index contributed by atoms with van der Waals surface area (Å²) in [5.74, 6) is -2.04. The molecule has 0 spiro atoms. The maximum atomic E-state index is 12.2. The Bertz CT molecular complexity index is 974. The van der Waals surface area contributed by atoms with E-state index in [1.807, 2.05) is 0 Å². The molecule has 0 aliphatic carbocycles. The highest BCUT2D eigenvalue weighted by molar-refractivity contribution is 6.05. The number of rotatable bonds is 3. The van der Waals surface area contributed by atoms with Gasteiger partial charge in [-0.1, -0.05) is 30.3 Å². The third kappa shape index (κ3) is 2.96. The first kappa shape index (κ1) is 14.5. The number of amides is 1.